The minimum atomic E-state index is -0.825. The van der Waals surface area contributed by atoms with E-state index in [1.807, 2.05) is 0 Å². The van der Waals surface area contributed by atoms with E-state index in [1.54, 1.807) is 11.8 Å². The van der Waals surface area contributed by atoms with E-state index in [0.717, 1.165) is 12.8 Å². The normalized spacial score (nSPS) is 35.2. The molecule has 4 fully saturated rings. The van der Waals surface area contributed by atoms with Crippen molar-refractivity contribution in [2.75, 3.05) is 13.1 Å². The Morgan fingerprint density at radius 1 is 1.24 bits per heavy atom. The van der Waals surface area contributed by atoms with Gasteiger partial charge in [-0.1, -0.05) is 31.8 Å². The maximum atomic E-state index is 13.8. The van der Waals surface area contributed by atoms with Crippen molar-refractivity contribution in [3.8, 4) is 6.07 Å². The Kier molecular flexibility index (Phi) is 6.46. The number of nitriles is 1. The third kappa shape index (κ3) is 4.58. The third-order valence-electron chi connectivity index (χ3n) is 8.95. The van der Waals surface area contributed by atoms with Crippen LogP contribution in [-0.4, -0.2) is 64.9 Å². The van der Waals surface area contributed by atoms with Crippen LogP contribution >= 0.6 is 0 Å². The van der Waals surface area contributed by atoms with E-state index in [9.17, 15) is 24.4 Å². The van der Waals surface area contributed by atoms with Crippen molar-refractivity contribution in [3.63, 3.8) is 0 Å². The van der Waals surface area contributed by atoms with Gasteiger partial charge in [0.2, 0.25) is 17.7 Å². The van der Waals surface area contributed by atoms with E-state index in [-0.39, 0.29) is 58.9 Å². The number of amides is 4. The van der Waals surface area contributed by atoms with Crippen LogP contribution in [0.2, 0.25) is 0 Å². The summed E-state index contributed by atoms with van der Waals surface area (Å²) in [5, 5.41) is 22.1. The highest BCUT2D eigenvalue weighted by atomic mass is 16.5. The molecule has 198 valence electrons. The number of aromatic nitrogens is 1. The van der Waals surface area contributed by atoms with Gasteiger partial charge in [0.15, 0.2) is 5.69 Å². The minimum Gasteiger partial charge on any atom is -0.361 e. The molecular weight excluding hydrogens is 476 g/mol. The summed E-state index contributed by atoms with van der Waals surface area (Å²) in [4.78, 5) is 54.4. The lowest BCUT2D eigenvalue weighted by molar-refractivity contribution is -0.142. The summed E-state index contributed by atoms with van der Waals surface area (Å²) >= 11 is 0. The van der Waals surface area contributed by atoms with Crippen molar-refractivity contribution in [2.45, 2.75) is 71.0 Å². The molecule has 3 saturated heterocycles. The highest BCUT2D eigenvalue weighted by molar-refractivity contribution is 5.97. The Labute approximate surface area is 215 Å². The van der Waals surface area contributed by atoms with E-state index in [0.29, 0.717) is 31.7 Å². The second kappa shape index (κ2) is 9.47. The molecular formula is C26H34N6O5. The van der Waals surface area contributed by atoms with Crippen LogP contribution in [0.4, 0.5) is 0 Å². The molecule has 1 aromatic rings. The molecule has 0 spiro atoms. The zero-order chi connectivity index (χ0) is 26.5. The number of nitrogens with zero attached hydrogens (tertiary/aromatic N) is 3. The average Bonchev–Trinajstić information content (AvgIpc) is 3.35. The van der Waals surface area contributed by atoms with E-state index in [2.05, 4.69) is 41.0 Å². The Balaban J connectivity index is 1.42. The van der Waals surface area contributed by atoms with Crippen LogP contribution in [0.3, 0.4) is 0 Å². The van der Waals surface area contributed by atoms with Crippen LogP contribution in [0.5, 0.6) is 0 Å². The number of hydrogen-bond donors (Lipinski definition) is 3. The molecule has 1 saturated carbocycles. The van der Waals surface area contributed by atoms with Crippen molar-refractivity contribution in [1.29, 1.82) is 5.26 Å². The average molecular weight is 511 g/mol. The highest BCUT2D eigenvalue weighted by Gasteiger charge is 2.69. The first-order valence-corrected chi connectivity index (χ1v) is 13.1. The van der Waals surface area contributed by atoms with Crippen molar-refractivity contribution < 1.29 is 23.7 Å². The molecule has 3 aliphatic heterocycles. The zero-order valence-corrected chi connectivity index (χ0v) is 21.5. The summed E-state index contributed by atoms with van der Waals surface area (Å²) in [5.74, 6) is -0.908. The monoisotopic (exact) mass is 510 g/mol. The predicted octanol–water partition coefficient (Wildman–Crippen LogP) is 0.899. The van der Waals surface area contributed by atoms with Gasteiger partial charge in [-0.05, 0) is 49.4 Å². The topological polar surface area (TPSA) is 157 Å². The van der Waals surface area contributed by atoms with Gasteiger partial charge in [0, 0.05) is 25.1 Å². The molecule has 11 heteroatoms. The van der Waals surface area contributed by atoms with Gasteiger partial charge in [-0.3, -0.25) is 19.2 Å². The van der Waals surface area contributed by atoms with E-state index >= 15 is 0 Å². The lowest BCUT2D eigenvalue weighted by Crippen LogP contribution is -2.57. The van der Waals surface area contributed by atoms with Crippen LogP contribution in [0.1, 0.15) is 62.2 Å². The lowest BCUT2D eigenvalue weighted by atomic mass is 9.85. The minimum absolute atomic E-state index is 0.0271. The summed E-state index contributed by atoms with van der Waals surface area (Å²) < 4.78 is 5.02. The fourth-order valence-corrected chi connectivity index (χ4v) is 6.71. The second-order valence-electron chi connectivity index (χ2n) is 11.6. The number of piperidine rings is 1. The van der Waals surface area contributed by atoms with E-state index in [4.69, 9.17) is 4.52 Å². The largest absolute Gasteiger partial charge is 0.361 e. The Bertz CT molecular complexity index is 1150. The summed E-state index contributed by atoms with van der Waals surface area (Å²) in [6, 6.07) is 1.29. The fourth-order valence-electron chi connectivity index (χ4n) is 6.71. The summed E-state index contributed by atoms with van der Waals surface area (Å²) in [7, 11) is 0. The first-order chi connectivity index (χ1) is 17.6. The molecule has 4 aliphatic rings. The summed E-state index contributed by atoms with van der Waals surface area (Å²) in [5.41, 5.74) is -0.000545. The number of hydrogen-bond acceptors (Lipinski definition) is 7. The predicted molar refractivity (Wildman–Crippen MR) is 129 cm³/mol. The molecule has 5 rings (SSSR count). The third-order valence-corrected chi connectivity index (χ3v) is 8.95. The van der Waals surface area contributed by atoms with E-state index < -0.39 is 24.0 Å². The van der Waals surface area contributed by atoms with Gasteiger partial charge >= 0.3 is 0 Å². The summed E-state index contributed by atoms with van der Waals surface area (Å²) in [6.07, 6.45) is 2.84. The fraction of sp³-hybridized carbons (Fsp3) is 0.692. The molecule has 11 nitrogen and oxygen atoms in total. The molecule has 1 aliphatic carbocycles. The maximum absolute atomic E-state index is 13.8. The lowest BCUT2D eigenvalue weighted by Gasteiger charge is -2.34. The molecule has 3 N–H and O–H groups in total. The SMILES string of the molecule is Cc1cc(C(=O)N[C@H]2CCCC[C@H]3CNC(=O)[C@H]3C[C@@H](C#N)NC(=O)[C@@H]3[C@@H]4[C@H](CN3C2=O)C4(C)C)no1. The van der Waals surface area contributed by atoms with Gasteiger partial charge in [0.25, 0.3) is 5.91 Å². The molecule has 4 amide bonds. The van der Waals surface area contributed by atoms with Crippen molar-refractivity contribution in [3.05, 3.63) is 17.5 Å². The second-order valence-corrected chi connectivity index (χ2v) is 11.6. The molecule has 7 atom stereocenters. The number of rotatable bonds is 2. The number of aryl methyl sites for hydroxylation is 1. The molecule has 0 bridgehead atoms. The van der Waals surface area contributed by atoms with Gasteiger partial charge in [0.05, 0.1) is 6.07 Å². The molecule has 1 aromatic heterocycles. The number of carbonyl (C=O) groups is 4. The van der Waals surface area contributed by atoms with Gasteiger partial charge in [0.1, 0.15) is 23.9 Å². The first-order valence-electron chi connectivity index (χ1n) is 13.1. The van der Waals surface area contributed by atoms with Crippen LogP contribution in [0.25, 0.3) is 0 Å². The molecule has 0 radical (unpaired) electrons. The van der Waals surface area contributed by atoms with E-state index in [1.165, 1.54) is 6.07 Å². The van der Waals surface area contributed by atoms with Crippen LogP contribution < -0.4 is 16.0 Å². The molecule has 37 heavy (non-hydrogen) atoms. The number of fused-ring (bicyclic) bond motifs is 4. The smallest absolute Gasteiger partial charge is 0.274 e. The van der Waals surface area contributed by atoms with Gasteiger partial charge in [-0.15, -0.1) is 0 Å². The van der Waals surface area contributed by atoms with Crippen LogP contribution in [0.15, 0.2) is 10.6 Å². The maximum Gasteiger partial charge on any atom is 0.274 e. The first kappa shape index (κ1) is 25.2. The quantitative estimate of drug-likeness (QED) is 0.533. The summed E-state index contributed by atoms with van der Waals surface area (Å²) in [6.45, 7) is 6.82. The number of nitrogens with one attached hydrogen (secondary N) is 3. The van der Waals surface area contributed by atoms with Crippen LogP contribution in [-0.2, 0) is 14.4 Å². The van der Waals surface area contributed by atoms with Crippen molar-refractivity contribution in [2.24, 2.45) is 29.1 Å². The Morgan fingerprint density at radius 3 is 2.70 bits per heavy atom. The van der Waals surface area contributed by atoms with Crippen LogP contribution in [0, 0.1) is 47.3 Å². The van der Waals surface area contributed by atoms with Crippen molar-refractivity contribution in [1.82, 2.24) is 26.0 Å². The standard InChI is InChI=1S/C26H34N6O5/c1-13-8-19(31-37-13)23(34)30-18-7-5-4-6-14-11-28-22(33)16(14)9-15(10-27)29-24(35)21-20-17(26(20,2)3)12-32(21)25(18)36/h8,14-18,20-21H,4-7,9,11-12H2,1-3H3,(H,28,33)(H,29,35)(H,30,34)/t14-,15-,16-,17-,18-,20-,21-/m0/s1. The van der Waals surface area contributed by atoms with Crippen molar-refractivity contribution >= 4 is 23.6 Å². The molecule has 0 unspecified atom stereocenters. The van der Waals surface area contributed by atoms with Gasteiger partial charge in [-0.25, -0.2) is 0 Å². The zero-order valence-electron chi connectivity index (χ0n) is 21.5. The van der Waals surface area contributed by atoms with Gasteiger partial charge in [-0.2, -0.15) is 5.26 Å². The Hall–Kier alpha value is -3.42. The Morgan fingerprint density at radius 2 is 2.00 bits per heavy atom. The molecule has 4 heterocycles. The number of carbonyl (C=O) groups excluding carboxylic acids is 4. The highest BCUT2D eigenvalue weighted by Crippen LogP contribution is 2.65. The van der Waals surface area contributed by atoms with Gasteiger partial charge < -0.3 is 25.4 Å². The molecule has 0 aromatic carbocycles.